The molecule has 8 nitrogen and oxygen atoms in total. The fourth-order valence-corrected chi connectivity index (χ4v) is 3.00. The van der Waals surface area contributed by atoms with Gasteiger partial charge in [0, 0.05) is 25.1 Å². The third-order valence-corrected chi connectivity index (χ3v) is 4.44. The number of para-hydroxylation sites is 1. The van der Waals surface area contributed by atoms with E-state index in [0.29, 0.717) is 16.8 Å². The first-order valence-corrected chi connectivity index (χ1v) is 9.12. The van der Waals surface area contributed by atoms with Crippen molar-refractivity contribution in [2.45, 2.75) is 6.54 Å². The molecule has 0 bridgehead atoms. The predicted molar refractivity (Wildman–Crippen MR) is 110 cm³/mol. The Hall–Kier alpha value is -4.51. The summed E-state index contributed by atoms with van der Waals surface area (Å²) < 4.78 is 1.54. The van der Waals surface area contributed by atoms with Gasteiger partial charge >= 0.3 is 0 Å². The lowest BCUT2D eigenvalue weighted by Crippen LogP contribution is -2.23. The highest BCUT2D eigenvalue weighted by Gasteiger charge is 2.22. The van der Waals surface area contributed by atoms with Crippen LogP contribution in [0, 0.1) is 11.3 Å². The largest absolute Gasteiger partial charge is 0.346 e. The van der Waals surface area contributed by atoms with Gasteiger partial charge < -0.3 is 10.6 Å². The van der Waals surface area contributed by atoms with Crippen molar-refractivity contribution in [3.8, 4) is 6.07 Å². The maximum absolute atomic E-state index is 12.9. The molecule has 0 spiro atoms. The van der Waals surface area contributed by atoms with Crippen LogP contribution < -0.4 is 10.6 Å². The van der Waals surface area contributed by atoms with Crippen LogP contribution in [0.25, 0.3) is 5.52 Å². The molecule has 3 heterocycles. The summed E-state index contributed by atoms with van der Waals surface area (Å²) in [5.41, 5.74) is 2.19. The van der Waals surface area contributed by atoms with Crippen molar-refractivity contribution >= 4 is 23.0 Å². The fraction of sp³-hybridized carbons (Fsp3) is 0.0455. The van der Waals surface area contributed by atoms with Gasteiger partial charge in [-0.15, -0.1) is 0 Å². The molecule has 4 aromatic rings. The molecule has 146 valence electrons. The summed E-state index contributed by atoms with van der Waals surface area (Å²) in [4.78, 5) is 33.9. The van der Waals surface area contributed by atoms with Gasteiger partial charge in [-0.05, 0) is 35.9 Å². The summed E-state index contributed by atoms with van der Waals surface area (Å²) in [6, 6.07) is 17.6. The Morgan fingerprint density at radius 3 is 2.67 bits per heavy atom. The molecule has 0 aliphatic heterocycles. The molecule has 0 radical (unpaired) electrons. The SMILES string of the molecule is N#Cc1ccccc1NC(=O)c1nc(C(=O)NCc2cccnc2)c2ccccn12. The van der Waals surface area contributed by atoms with Crippen LogP contribution >= 0.6 is 0 Å². The number of rotatable bonds is 5. The lowest BCUT2D eigenvalue weighted by molar-refractivity contribution is 0.0948. The molecule has 4 rings (SSSR count). The number of benzene rings is 1. The summed E-state index contributed by atoms with van der Waals surface area (Å²) in [5, 5.41) is 14.7. The van der Waals surface area contributed by atoms with E-state index >= 15 is 0 Å². The van der Waals surface area contributed by atoms with Crippen LogP contribution in [0.5, 0.6) is 0 Å². The first-order valence-electron chi connectivity index (χ1n) is 9.12. The third kappa shape index (κ3) is 3.72. The van der Waals surface area contributed by atoms with Gasteiger partial charge in [0.05, 0.1) is 16.8 Å². The molecule has 2 N–H and O–H groups in total. The molecule has 0 saturated heterocycles. The van der Waals surface area contributed by atoms with E-state index in [2.05, 4.69) is 20.6 Å². The van der Waals surface area contributed by atoms with E-state index in [1.54, 1.807) is 71.5 Å². The quantitative estimate of drug-likeness (QED) is 0.539. The number of imidazole rings is 1. The summed E-state index contributed by atoms with van der Waals surface area (Å²) in [6.07, 6.45) is 4.98. The van der Waals surface area contributed by atoms with Gasteiger partial charge in [-0.25, -0.2) is 4.98 Å². The van der Waals surface area contributed by atoms with E-state index in [4.69, 9.17) is 0 Å². The van der Waals surface area contributed by atoms with Gasteiger partial charge in [-0.3, -0.25) is 19.0 Å². The number of nitriles is 1. The van der Waals surface area contributed by atoms with Crippen molar-refractivity contribution in [3.63, 3.8) is 0 Å². The van der Waals surface area contributed by atoms with Crippen molar-refractivity contribution in [3.05, 3.63) is 95.8 Å². The van der Waals surface area contributed by atoms with E-state index in [1.165, 1.54) is 0 Å². The van der Waals surface area contributed by atoms with Crippen LogP contribution in [0.4, 0.5) is 5.69 Å². The zero-order valence-corrected chi connectivity index (χ0v) is 15.7. The van der Waals surface area contributed by atoms with Crippen molar-refractivity contribution in [1.82, 2.24) is 19.7 Å². The summed E-state index contributed by atoms with van der Waals surface area (Å²) >= 11 is 0. The Morgan fingerprint density at radius 1 is 1.03 bits per heavy atom. The highest BCUT2D eigenvalue weighted by Crippen LogP contribution is 2.18. The van der Waals surface area contributed by atoms with Crippen LogP contribution in [0.1, 0.15) is 32.2 Å². The fourth-order valence-electron chi connectivity index (χ4n) is 3.00. The van der Waals surface area contributed by atoms with Crippen molar-refractivity contribution in [2.24, 2.45) is 0 Å². The second kappa shape index (κ2) is 8.24. The molecule has 0 aliphatic rings. The molecule has 0 saturated carbocycles. The summed E-state index contributed by atoms with van der Waals surface area (Å²) in [6.45, 7) is 0.287. The molecule has 0 aliphatic carbocycles. The molecule has 0 fully saturated rings. The number of anilines is 1. The number of pyridine rings is 2. The first-order chi connectivity index (χ1) is 14.7. The van der Waals surface area contributed by atoms with E-state index in [9.17, 15) is 14.9 Å². The number of carbonyl (C=O) groups is 2. The number of hydrogen-bond acceptors (Lipinski definition) is 5. The minimum absolute atomic E-state index is 0.0462. The Balaban J connectivity index is 1.63. The summed E-state index contributed by atoms with van der Waals surface area (Å²) in [5.74, 6) is -0.880. The first kappa shape index (κ1) is 18.8. The molecule has 2 amide bonds. The van der Waals surface area contributed by atoms with Gasteiger partial charge in [-0.2, -0.15) is 5.26 Å². The lowest BCUT2D eigenvalue weighted by Gasteiger charge is -2.05. The molecule has 30 heavy (non-hydrogen) atoms. The number of aromatic nitrogens is 3. The van der Waals surface area contributed by atoms with Crippen molar-refractivity contribution in [2.75, 3.05) is 5.32 Å². The van der Waals surface area contributed by atoms with Gasteiger partial charge in [0.25, 0.3) is 11.8 Å². The smallest absolute Gasteiger partial charge is 0.292 e. The zero-order chi connectivity index (χ0) is 20.9. The maximum Gasteiger partial charge on any atom is 0.292 e. The Kier molecular flexibility index (Phi) is 5.17. The number of carbonyl (C=O) groups excluding carboxylic acids is 2. The van der Waals surface area contributed by atoms with Crippen LogP contribution in [0.15, 0.2) is 73.2 Å². The number of hydrogen-bond donors (Lipinski definition) is 2. The van der Waals surface area contributed by atoms with E-state index < -0.39 is 11.8 Å². The predicted octanol–water partition coefficient (Wildman–Crippen LogP) is 2.78. The molecular formula is C22H16N6O2. The molecule has 0 unspecified atom stereocenters. The van der Waals surface area contributed by atoms with Gasteiger partial charge in [0.15, 0.2) is 5.69 Å². The third-order valence-electron chi connectivity index (χ3n) is 4.44. The molecule has 8 heteroatoms. The van der Waals surface area contributed by atoms with Gasteiger partial charge in [-0.1, -0.05) is 24.3 Å². The normalized spacial score (nSPS) is 10.4. The molecule has 0 atom stereocenters. The number of nitrogens with zero attached hydrogens (tertiary/aromatic N) is 4. The molecule has 3 aromatic heterocycles. The van der Waals surface area contributed by atoms with Crippen molar-refractivity contribution < 1.29 is 9.59 Å². The van der Waals surface area contributed by atoms with Crippen LogP contribution in [-0.4, -0.2) is 26.2 Å². The van der Waals surface area contributed by atoms with E-state index in [0.717, 1.165) is 5.56 Å². The Labute approximate surface area is 171 Å². The van der Waals surface area contributed by atoms with E-state index in [-0.39, 0.29) is 18.1 Å². The average Bonchev–Trinajstić information content (AvgIpc) is 3.18. The second-order valence-electron chi connectivity index (χ2n) is 6.40. The van der Waals surface area contributed by atoms with Crippen LogP contribution in [-0.2, 0) is 6.54 Å². The summed E-state index contributed by atoms with van der Waals surface area (Å²) in [7, 11) is 0. The van der Waals surface area contributed by atoms with Crippen LogP contribution in [0.3, 0.4) is 0 Å². The maximum atomic E-state index is 12.9. The van der Waals surface area contributed by atoms with E-state index in [1.807, 2.05) is 12.1 Å². The number of amides is 2. The lowest BCUT2D eigenvalue weighted by atomic mass is 10.2. The van der Waals surface area contributed by atoms with Gasteiger partial charge in [0.2, 0.25) is 5.82 Å². The minimum Gasteiger partial charge on any atom is -0.346 e. The highest BCUT2D eigenvalue weighted by atomic mass is 16.2. The minimum atomic E-state index is -0.523. The zero-order valence-electron chi connectivity index (χ0n) is 15.7. The second-order valence-corrected chi connectivity index (χ2v) is 6.40. The molecular weight excluding hydrogens is 380 g/mol. The Morgan fingerprint density at radius 2 is 1.87 bits per heavy atom. The Bertz CT molecular complexity index is 1270. The van der Waals surface area contributed by atoms with Crippen LogP contribution in [0.2, 0.25) is 0 Å². The standard InChI is InChI=1S/C22H16N6O2/c23-12-16-7-1-2-8-17(16)26-22(30)20-27-19(18-9-3-4-11-28(18)20)21(29)25-14-15-6-5-10-24-13-15/h1-11,13H,14H2,(H,25,29)(H,26,30). The van der Waals surface area contributed by atoms with Crippen molar-refractivity contribution in [1.29, 1.82) is 5.26 Å². The number of fused-ring (bicyclic) bond motifs is 1. The average molecular weight is 396 g/mol. The van der Waals surface area contributed by atoms with Gasteiger partial charge in [0.1, 0.15) is 6.07 Å². The topological polar surface area (TPSA) is 112 Å². The number of nitrogens with one attached hydrogen (secondary N) is 2. The highest BCUT2D eigenvalue weighted by molar-refractivity contribution is 6.06. The molecule has 1 aromatic carbocycles. The monoisotopic (exact) mass is 396 g/mol.